The van der Waals surface area contributed by atoms with Gasteiger partial charge in [-0.2, -0.15) is 109 Å². The highest BCUT2D eigenvalue weighted by Gasteiger charge is 2.98. The summed E-state index contributed by atoms with van der Waals surface area (Å²) in [6.07, 6.45) is -7.92. The van der Waals surface area contributed by atoms with Crippen molar-refractivity contribution in [2.75, 3.05) is 0 Å². The van der Waals surface area contributed by atoms with Gasteiger partial charge in [-0.05, 0) is 0 Å². The molecular weight excluding hydrogens is 658 g/mol. The summed E-state index contributed by atoms with van der Waals surface area (Å²) in [6.45, 7) is -1.49. The van der Waals surface area contributed by atoms with Gasteiger partial charge in [-0.1, -0.05) is 0 Å². The molecule has 0 aromatic heterocycles. The highest BCUT2D eigenvalue weighted by atomic mass is 32.3. The van der Waals surface area contributed by atoms with Crippen LogP contribution >= 0.6 is 0 Å². The Hall–Kier alpha value is -1.67. The molecular formula is C12H4F22O4S. The first-order valence-electron chi connectivity index (χ1n) is 8.04. The highest BCUT2D eigenvalue weighted by molar-refractivity contribution is 7.80. The van der Waals surface area contributed by atoms with E-state index >= 15 is 0 Å². The molecule has 0 aliphatic rings. The van der Waals surface area contributed by atoms with Gasteiger partial charge >= 0.3 is 75.7 Å². The third kappa shape index (κ3) is 4.81. The van der Waals surface area contributed by atoms with Crippen LogP contribution in [0.25, 0.3) is 0 Å². The van der Waals surface area contributed by atoms with Crippen LogP contribution in [0.2, 0.25) is 0 Å². The van der Waals surface area contributed by atoms with Gasteiger partial charge in [-0.25, -0.2) is 0 Å². The highest BCUT2D eigenvalue weighted by Crippen LogP contribution is 2.67. The smallest absolute Gasteiger partial charge is 0.263 e. The van der Waals surface area contributed by atoms with Gasteiger partial charge in [0.15, 0.2) is 0 Å². The van der Waals surface area contributed by atoms with E-state index < -0.39 is 82.7 Å². The van der Waals surface area contributed by atoms with E-state index in [2.05, 4.69) is 0 Å². The van der Waals surface area contributed by atoms with E-state index in [-0.39, 0.29) is 0 Å². The Balaban J connectivity index is 7.25. The van der Waals surface area contributed by atoms with Crippen LogP contribution in [-0.4, -0.2) is 78.3 Å². The third-order valence-corrected chi connectivity index (χ3v) is 4.70. The predicted octanol–water partition coefficient (Wildman–Crippen LogP) is 6.77. The summed E-state index contributed by atoms with van der Waals surface area (Å²) in [7, 11) is -7.20. The minimum absolute atomic E-state index is 1.48. The molecule has 0 aromatic rings. The van der Waals surface area contributed by atoms with Crippen molar-refractivity contribution in [3.05, 3.63) is 0 Å². The van der Waals surface area contributed by atoms with Crippen molar-refractivity contribution in [2.24, 2.45) is 0 Å². The second-order valence-corrected chi connectivity index (χ2v) is 8.11. The normalized spacial score (nSPS) is 17.0. The third-order valence-electron chi connectivity index (χ3n) is 4.28. The standard InChI is InChI=1S/C12H4F22O4S/c1-2(13,14)3(15,16)4(17,18)5(19,20)6(21,22)7(23,24)8(25,26)9(27,28)10(29,30)11(31,32)12(33,34)38-39(35,36)37/h1H3,(H,35,36,37). The van der Waals surface area contributed by atoms with E-state index in [9.17, 15) is 105 Å². The molecule has 0 aromatic carbocycles. The molecule has 0 rings (SSSR count). The molecule has 0 spiro atoms. The molecule has 1 N–H and O–H groups in total. The van der Waals surface area contributed by atoms with Crippen LogP contribution in [0.5, 0.6) is 0 Å². The lowest BCUT2D eigenvalue weighted by atomic mass is 9.85. The Kier molecular flexibility index (Phi) is 8.53. The van der Waals surface area contributed by atoms with Gasteiger partial charge in [0.1, 0.15) is 0 Å². The maximum Gasteiger partial charge on any atom is 0.441 e. The second kappa shape index (κ2) is 8.91. The lowest BCUT2D eigenvalue weighted by Gasteiger charge is -2.45. The molecule has 0 saturated heterocycles. The Morgan fingerprint density at radius 3 is 0.769 bits per heavy atom. The Morgan fingerprint density at radius 1 is 0.410 bits per heavy atom. The molecule has 0 heterocycles. The molecule has 0 saturated carbocycles. The van der Waals surface area contributed by atoms with Gasteiger partial charge < -0.3 is 0 Å². The van der Waals surface area contributed by atoms with Gasteiger partial charge in [0, 0.05) is 6.92 Å². The van der Waals surface area contributed by atoms with Crippen molar-refractivity contribution in [2.45, 2.75) is 72.3 Å². The van der Waals surface area contributed by atoms with Crippen molar-refractivity contribution in [1.82, 2.24) is 0 Å². The number of rotatable bonds is 12. The first kappa shape index (κ1) is 37.3. The number of alkyl halides is 22. The fourth-order valence-corrected chi connectivity index (χ4v) is 2.39. The van der Waals surface area contributed by atoms with Crippen LogP contribution in [0, 0.1) is 0 Å². The zero-order valence-corrected chi connectivity index (χ0v) is 17.7. The summed E-state index contributed by atoms with van der Waals surface area (Å²) in [5.41, 5.74) is 0. The fourth-order valence-electron chi connectivity index (χ4n) is 2.02. The quantitative estimate of drug-likeness (QED) is 0.185. The fraction of sp³-hybridized carbons (Fsp3) is 1.00. The van der Waals surface area contributed by atoms with Gasteiger partial charge in [0.2, 0.25) is 0 Å². The van der Waals surface area contributed by atoms with E-state index in [4.69, 9.17) is 4.55 Å². The maximum absolute atomic E-state index is 13.5. The van der Waals surface area contributed by atoms with Crippen molar-refractivity contribution in [3.63, 3.8) is 0 Å². The number of halogens is 22. The number of hydrogen-bond donors (Lipinski definition) is 1. The first-order chi connectivity index (χ1) is 16.2. The molecule has 236 valence electrons. The van der Waals surface area contributed by atoms with E-state index in [0.29, 0.717) is 0 Å². The molecule has 0 radical (unpaired) electrons. The summed E-state index contributed by atoms with van der Waals surface area (Å²) in [4.78, 5) is 0. The molecule has 39 heavy (non-hydrogen) atoms. The van der Waals surface area contributed by atoms with Crippen LogP contribution in [0.15, 0.2) is 0 Å². The molecule has 0 unspecified atom stereocenters. The van der Waals surface area contributed by atoms with Gasteiger partial charge in [-0.3, -0.25) is 4.55 Å². The van der Waals surface area contributed by atoms with Gasteiger partial charge in [-0.15, -0.1) is 0 Å². The van der Waals surface area contributed by atoms with E-state index in [1.807, 2.05) is 0 Å². The monoisotopic (exact) mass is 662 g/mol. The molecule has 0 amide bonds. The summed E-state index contributed by atoms with van der Waals surface area (Å²) in [5, 5.41) is 0. The molecule has 4 nitrogen and oxygen atoms in total. The van der Waals surface area contributed by atoms with Gasteiger partial charge in [0.05, 0.1) is 0 Å². The zero-order valence-electron chi connectivity index (χ0n) is 16.9. The summed E-state index contributed by atoms with van der Waals surface area (Å²) >= 11 is 0. The van der Waals surface area contributed by atoms with Crippen molar-refractivity contribution >= 4 is 10.4 Å². The molecule has 0 aliphatic heterocycles. The molecule has 0 bridgehead atoms. The number of hydrogen-bond acceptors (Lipinski definition) is 3. The van der Waals surface area contributed by atoms with Crippen LogP contribution in [0.1, 0.15) is 6.92 Å². The van der Waals surface area contributed by atoms with Crippen LogP contribution < -0.4 is 0 Å². The Bertz CT molecular complexity index is 1020. The minimum Gasteiger partial charge on any atom is -0.263 e. The van der Waals surface area contributed by atoms with Crippen molar-refractivity contribution < 1.29 is 114 Å². The molecule has 0 fully saturated rings. The average molecular weight is 662 g/mol. The Morgan fingerprint density at radius 2 is 0.590 bits per heavy atom. The molecule has 0 aliphatic carbocycles. The van der Waals surface area contributed by atoms with Crippen LogP contribution in [0.4, 0.5) is 96.6 Å². The Labute approximate surface area is 197 Å². The topological polar surface area (TPSA) is 63.6 Å². The largest absolute Gasteiger partial charge is 0.441 e. The average Bonchev–Trinajstić information content (AvgIpc) is 2.63. The van der Waals surface area contributed by atoms with Crippen LogP contribution in [0.3, 0.4) is 0 Å². The zero-order chi connectivity index (χ0) is 32.7. The van der Waals surface area contributed by atoms with E-state index in [0.717, 1.165) is 0 Å². The van der Waals surface area contributed by atoms with Crippen molar-refractivity contribution in [1.29, 1.82) is 0 Å². The predicted molar refractivity (Wildman–Crippen MR) is 72.7 cm³/mol. The summed E-state index contributed by atoms with van der Waals surface area (Å²) in [6, 6.07) is 0. The summed E-state index contributed by atoms with van der Waals surface area (Å²) in [5.74, 6) is -87.8. The lowest BCUT2D eigenvalue weighted by Crippen LogP contribution is -2.77. The minimum atomic E-state index is -9.45. The maximum atomic E-state index is 13.5. The first-order valence-corrected chi connectivity index (χ1v) is 9.41. The second-order valence-electron chi connectivity index (χ2n) is 7.09. The van der Waals surface area contributed by atoms with E-state index in [1.165, 1.54) is 4.18 Å². The van der Waals surface area contributed by atoms with Crippen LogP contribution in [-0.2, 0) is 14.6 Å². The van der Waals surface area contributed by atoms with E-state index in [1.54, 1.807) is 0 Å². The van der Waals surface area contributed by atoms with Gasteiger partial charge in [0.25, 0.3) is 0 Å². The lowest BCUT2D eigenvalue weighted by molar-refractivity contribution is -0.480. The molecule has 27 heteroatoms. The summed E-state index contributed by atoms with van der Waals surface area (Å²) < 4.78 is 321. The SMILES string of the molecule is CC(F)(F)C(F)(F)C(F)(F)C(F)(F)C(F)(F)C(F)(F)C(F)(F)C(F)(F)C(F)(F)C(F)(F)C(F)(F)OS(=O)(=O)O. The van der Waals surface area contributed by atoms with Crippen molar-refractivity contribution in [3.8, 4) is 0 Å². The molecule has 0 atom stereocenters.